The maximum Gasteiger partial charge on any atom is 0.169 e. The topological polar surface area (TPSA) is 79.4 Å². The molecule has 6 nitrogen and oxygen atoms in total. The first kappa shape index (κ1) is 8.48. The fourth-order valence-corrected chi connectivity index (χ4v) is 3.40. The van der Waals surface area contributed by atoms with Crippen molar-refractivity contribution in [3.63, 3.8) is 0 Å². The Labute approximate surface area is 91.0 Å². The quantitative estimate of drug-likeness (QED) is 0.719. The van der Waals surface area contributed by atoms with Crippen molar-refractivity contribution in [3.05, 3.63) is 9.90 Å². The van der Waals surface area contributed by atoms with Gasteiger partial charge >= 0.3 is 0 Å². The average molecular weight is 304 g/mol. The normalized spacial score (nSPS) is 20.1. The predicted octanol–water partition coefficient (Wildman–Crippen LogP) is 0.0895. The molecule has 2 aliphatic heterocycles. The molecule has 1 aromatic rings. The Morgan fingerprint density at radius 2 is 2.36 bits per heavy atom. The van der Waals surface area contributed by atoms with Crippen molar-refractivity contribution >= 4 is 32.7 Å². The van der Waals surface area contributed by atoms with Gasteiger partial charge in [-0.25, -0.2) is 15.0 Å². The first-order chi connectivity index (χ1) is 6.86. The molecule has 0 unspecified atom stereocenters. The monoisotopic (exact) mass is 304 g/mol. The van der Waals surface area contributed by atoms with Gasteiger partial charge in [0.05, 0.1) is 27.1 Å². The van der Waals surface area contributed by atoms with Crippen LogP contribution in [0.1, 0.15) is 0 Å². The van der Waals surface area contributed by atoms with E-state index in [1.165, 1.54) is 6.33 Å². The van der Waals surface area contributed by atoms with Crippen LogP contribution in [-0.2, 0) is 0 Å². The Bertz CT molecular complexity index is 401. The lowest BCUT2D eigenvalue weighted by Crippen LogP contribution is -2.55. The Morgan fingerprint density at radius 1 is 1.50 bits per heavy atom. The third kappa shape index (κ3) is 1.12. The minimum Gasteiger partial charge on any atom is -0.383 e. The molecule has 1 aromatic heterocycles. The van der Waals surface area contributed by atoms with E-state index in [1.54, 1.807) is 0 Å². The van der Waals surface area contributed by atoms with Gasteiger partial charge in [-0.3, -0.25) is 0 Å². The third-order valence-electron chi connectivity index (χ3n) is 2.32. The van der Waals surface area contributed by atoms with Gasteiger partial charge in [0.1, 0.15) is 15.7 Å². The van der Waals surface area contributed by atoms with Gasteiger partial charge < -0.3 is 11.1 Å². The van der Waals surface area contributed by atoms with Gasteiger partial charge in [-0.2, -0.15) is 0 Å². The van der Waals surface area contributed by atoms with E-state index in [1.807, 2.05) is 5.01 Å². The zero-order valence-electron chi connectivity index (χ0n) is 7.31. The number of nitrogens with zero attached hydrogens (tertiary/aromatic N) is 4. The van der Waals surface area contributed by atoms with E-state index in [2.05, 4.69) is 18.5 Å². The van der Waals surface area contributed by atoms with Crippen LogP contribution in [0.3, 0.4) is 0 Å². The summed E-state index contributed by atoms with van der Waals surface area (Å²) < 4.78 is 5.58. The lowest BCUT2D eigenvalue weighted by molar-refractivity contribution is 0.419. The highest BCUT2D eigenvalue weighted by atomic mass is 127. The fraction of sp³-hybridized carbons (Fsp3) is 0.429. The number of fused-ring (bicyclic) bond motifs is 1. The molecule has 0 radical (unpaired) electrons. The van der Waals surface area contributed by atoms with Crippen LogP contribution in [0.5, 0.6) is 0 Å². The number of hydrogen-bond donors (Lipinski definition) is 2. The molecule has 0 aliphatic carbocycles. The van der Waals surface area contributed by atoms with E-state index >= 15 is 0 Å². The second-order valence-corrected chi connectivity index (χ2v) is 5.21. The molecule has 14 heavy (non-hydrogen) atoms. The summed E-state index contributed by atoms with van der Waals surface area (Å²) in [5.41, 5.74) is 5.77. The molecular weight excluding hydrogens is 295 g/mol. The van der Waals surface area contributed by atoms with Gasteiger partial charge in [0.15, 0.2) is 5.82 Å². The summed E-state index contributed by atoms with van der Waals surface area (Å²) >= 11 is -0.372. The zero-order valence-corrected chi connectivity index (χ0v) is 9.47. The van der Waals surface area contributed by atoms with Gasteiger partial charge in [-0.1, -0.05) is 0 Å². The fourth-order valence-electron chi connectivity index (χ4n) is 1.41. The van der Waals surface area contributed by atoms with E-state index in [0.29, 0.717) is 11.9 Å². The van der Waals surface area contributed by atoms with Crippen molar-refractivity contribution in [3.8, 4) is 0 Å². The number of anilines is 2. The van der Waals surface area contributed by atoms with E-state index in [0.717, 1.165) is 22.5 Å². The van der Waals surface area contributed by atoms with Crippen LogP contribution in [0.25, 0.3) is 0 Å². The molecule has 2 aliphatic rings. The van der Waals surface area contributed by atoms with Gasteiger partial charge in [-0.05, 0) is 0 Å². The van der Waals surface area contributed by atoms with Gasteiger partial charge in [0.2, 0.25) is 0 Å². The smallest absolute Gasteiger partial charge is 0.169 e. The summed E-state index contributed by atoms with van der Waals surface area (Å²) in [6.45, 7) is 1.97. The molecule has 0 amide bonds. The first-order valence-electron chi connectivity index (χ1n) is 4.32. The molecule has 0 spiro atoms. The van der Waals surface area contributed by atoms with E-state index in [9.17, 15) is 0 Å². The van der Waals surface area contributed by atoms with Crippen molar-refractivity contribution in [2.24, 2.45) is 3.25 Å². The van der Waals surface area contributed by atoms with Crippen molar-refractivity contribution in [2.75, 3.05) is 23.8 Å². The number of nitrogens with two attached hydrogens (primary N) is 1. The lowest BCUT2D eigenvalue weighted by Gasteiger charge is -2.33. The molecule has 0 aromatic carbocycles. The number of aromatic nitrogens is 2. The first-order valence-corrected chi connectivity index (χ1v) is 6.36. The standard InChI is InChI=1S/C7H9IN6/c9-6-5-7(12-3-11-6)14(13-8-5)4-1-10-2-4/h3-4,10H,1-2H2,(H2,9,11,12). The van der Waals surface area contributed by atoms with Gasteiger partial charge in [0.25, 0.3) is 0 Å². The number of hydrogen-bond acceptors (Lipinski definition) is 6. The van der Waals surface area contributed by atoms with Crippen LogP contribution in [0.2, 0.25) is 0 Å². The van der Waals surface area contributed by atoms with Crippen LogP contribution >= 0.6 is 21.0 Å². The molecule has 3 rings (SSSR count). The second-order valence-electron chi connectivity index (χ2n) is 3.21. The Morgan fingerprint density at radius 3 is 3.07 bits per heavy atom. The highest BCUT2D eigenvalue weighted by Crippen LogP contribution is 2.37. The molecule has 74 valence electrons. The SMILES string of the molecule is Nc1ncnc2c1I=NN2C1CNC1. The van der Waals surface area contributed by atoms with Gasteiger partial charge in [-0.15, -0.1) is 3.25 Å². The summed E-state index contributed by atoms with van der Waals surface area (Å²) in [5.74, 6) is 1.53. The number of nitrogens with one attached hydrogen (secondary N) is 1. The Balaban J connectivity index is 2.01. The maximum absolute atomic E-state index is 5.77. The summed E-state index contributed by atoms with van der Waals surface area (Å²) in [4.78, 5) is 8.23. The van der Waals surface area contributed by atoms with Crippen molar-refractivity contribution in [2.45, 2.75) is 6.04 Å². The highest BCUT2D eigenvalue weighted by Gasteiger charge is 2.31. The number of halogens is 1. The largest absolute Gasteiger partial charge is 0.383 e. The Kier molecular flexibility index (Phi) is 1.87. The lowest BCUT2D eigenvalue weighted by atomic mass is 10.2. The molecule has 0 bridgehead atoms. The van der Waals surface area contributed by atoms with Crippen LogP contribution in [0.4, 0.5) is 11.6 Å². The van der Waals surface area contributed by atoms with Crippen LogP contribution in [0.15, 0.2) is 9.58 Å². The number of nitrogen functional groups attached to an aromatic ring is 1. The summed E-state index contributed by atoms with van der Waals surface area (Å²) in [6, 6.07) is 0.463. The average Bonchev–Trinajstić information content (AvgIpc) is 2.48. The molecule has 0 atom stereocenters. The van der Waals surface area contributed by atoms with Gasteiger partial charge in [0, 0.05) is 13.1 Å². The molecule has 0 saturated carbocycles. The molecule has 7 heteroatoms. The zero-order chi connectivity index (χ0) is 9.54. The number of rotatable bonds is 1. The Hall–Kier alpha value is -0.830. The van der Waals surface area contributed by atoms with E-state index < -0.39 is 0 Å². The maximum atomic E-state index is 5.77. The van der Waals surface area contributed by atoms with Crippen LogP contribution in [-0.4, -0.2) is 29.1 Å². The van der Waals surface area contributed by atoms with E-state index in [4.69, 9.17) is 5.73 Å². The molecule has 3 heterocycles. The third-order valence-corrected chi connectivity index (χ3v) is 4.52. The minimum atomic E-state index is -0.372. The summed E-state index contributed by atoms with van der Waals surface area (Å²) in [5, 5.41) is 5.23. The second kappa shape index (κ2) is 3.09. The van der Waals surface area contributed by atoms with Crippen LogP contribution in [0, 0.1) is 3.57 Å². The predicted molar refractivity (Wildman–Crippen MR) is 60.7 cm³/mol. The van der Waals surface area contributed by atoms with Crippen LogP contribution < -0.4 is 16.1 Å². The van der Waals surface area contributed by atoms with E-state index in [-0.39, 0.29) is 21.0 Å². The summed E-state index contributed by atoms with van der Waals surface area (Å²) in [6.07, 6.45) is 1.51. The van der Waals surface area contributed by atoms with Crippen molar-refractivity contribution < 1.29 is 0 Å². The minimum absolute atomic E-state index is 0.372. The molecule has 3 N–H and O–H groups in total. The van der Waals surface area contributed by atoms with Crippen molar-refractivity contribution in [1.82, 2.24) is 15.3 Å². The molecule has 1 fully saturated rings. The molecular formula is C7H9IN6. The highest BCUT2D eigenvalue weighted by molar-refractivity contribution is 14.2. The van der Waals surface area contributed by atoms with Crippen molar-refractivity contribution in [1.29, 1.82) is 0 Å². The molecule has 1 saturated heterocycles. The summed E-state index contributed by atoms with van der Waals surface area (Å²) in [7, 11) is 0.